The number of aromatic nitrogens is 2. The van der Waals surface area contributed by atoms with Gasteiger partial charge in [0.2, 0.25) is 0 Å². The molecule has 1 atom stereocenters. The Kier molecular flexibility index (Phi) is 6.02. The number of aromatic amines is 1. The van der Waals surface area contributed by atoms with Crippen LogP contribution in [0.4, 0.5) is 0 Å². The van der Waals surface area contributed by atoms with E-state index in [2.05, 4.69) is 32.7 Å². The first-order valence-electron chi connectivity index (χ1n) is 10.5. The lowest BCUT2D eigenvalue weighted by Gasteiger charge is -2.38. The highest BCUT2D eigenvalue weighted by Crippen LogP contribution is 2.26. The van der Waals surface area contributed by atoms with Gasteiger partial charge in [0.25, 0.3) is 5.91 Å². The monoisotopic (exact) mass is 438 g/mol. The van der Waals surface area contributed by atoms with Gasteiger partial charge in [0, 0.05) is 49.3 Å². The number of fused-ring (bicyclic) bond motifs is 1. The molecule has 0 radical (unpaired) electrons. The molecule has 5 rings (SSSR count). The number of carbonyl (C=O) groups excluding carboxylic acids is 1. The molecule has 0 saturated carbocycles. The first kappa shape index (κ1) is 20.0. The molecule has 156 valence electrons. The van der Waals surface area contributed by atoms with Gasteiger partial charge in [-0.05, 0) is 35.9 Å². The molecule has 1 amide bonds. The van der Waals surface area contributed by atoms with Crippen LogP contribution in [0.3, 0.4) is 0 Å². The molecule has 7 heteroatoms. The van der Waals surface area contributed by atoms with Crippen LogP contribution in [0.15, 0.2) is 53.7 Å². The lowest BCUT2D eigenvalue weighted by molar-refractivity contribution is 0.0587. The predicted octanol–water partition coefficient (Wildman–Crippen LogP) is 4.12. The van der Waals surface area contributed by atoms with Crippen LogP contribution >= 0.6 is 23.5 Å². The Labute approximate surface area is 185 Å². The Balaban J connectivity index is 1.24. The van der Waals surface area contributed by atoms with E-state index in [1.807, 2.05) is 47.4 Å². The fraction of sp³-hybridized carbons (Fsp3) is 0.391. The molecule has 2 saturated heterocycles. The van der Waals surface area contributed by atoms with E-state index in [-0.39, 0.29) is 5.91 Å². The molecule has 3 heterocycles. The van der Waals surface area contributed by atoms with E-state index >= 15 is 0 Å². The molecular weight excluding hydrogens is 412 g/mol. The number of hydrogen-bond donors (Lipinski definition) is 1. The third kappa shape index (κ3) is 4.24. The van der Waals surface area contributed by atoms with Gasteiger partial charge >= 0.3 is 0 Å². The number of piperazine rings is 1. The number of amides is 1. The van der Waals surface area contributed by atoms with Gasteiger partial charge in [-0.3, -0.25) is 9.69 Å². The molecule has 0 aliphatic carbocycles. The lowest BCUT2D eigenvalue weighted by Crippen LogP contribution is -2.52. The summed E-state index contributed by atoms with van der Waals surface area (Å²) in [6.45, 7) is 3.63. The van der Waals surface area contributed by atoms with Crippen LogP contribution in [-0.4, -0.2) is 69.4 Å². The summed E-state index contributed by atoms with van der Waals surface area (Å²) in [6.07, 6.45) is 1.29. The van der Waals surface area contributed by atoms with Crippen LogP contribution in [0.25, 0.3) is 11.0 Å². The van der Waals surface area contributed by atoms with Crippen LogP contribution in [0.1, 0.15) is 22.3 Å². The second-order valence-corrected chi connectivity index (χ2v) is 9.96. The van der Waals surface area contributed by atoms with Gasteiger partial charge in [-0.1, -0.05) is 42.1 Å². The normalized spacial score (nSPS) is 20.1. The van der Waals surface area contributed by atoms with Gasteiger partial charge in [-0.15, -0.1) is 0 Å². The van der Waals surface area contributed by atoms with E-state index in [0.717, 1.165) is 59.2 Å². The maximum absolute atomic E-state index is 13.3. The summed E-state index contributed by atoms with van der Waals surface area (Å²) in [6, 6.07) is 16.8. The maximum Gasteiger partial charge on any atom is 0.254 e. The number of thioether (sulfide) groups is 2. The minimum Gasteiger partial charge on any atom is -0.336 e. The summed E-state index contributed by atoms with van der Waals surface area (Å²) in [5.74, 6) is 3.41. The summed E-state index contributed by atoms with van der Waals surface area (Å²) >= 11 is 3.70. The molecule has 3 aromatic rings. The van der Waals surface area contributed by atoms with Crippen LogP contribution in [-0.2, 0) is 5.75 Å². The number of imidazole rings is 1. The van der Waals surface area contributed by atoms with Crippen molar-refractivity contribution in [1.29, 1.82) is 0 Å². The summed E-state index contributed by atoms with van der Waals surface area (Å²) in [5.41, 5.74) is 3.92. The molecule has 0 unspecified atom stereocenters. The summed E-state index contributed by atoms with van der Waals surface area (Å²) in [7, 11) is 0. The second-order valence-electron chi connectivity index (χ2n) is 7.85. The minimum absolute atomic E-state index is 0.163. The van der Waals surface area contributed by atoms with Crippen molar-refractivity contribution < 1.29 is 4.79 Å². The number of carbonyl (C=O) groups is 1. The van der Waals surface area contributed by atoms with Gasteiger partial charge in [-0.2, -0.15) is 11.8 Å². The molecule has 0 bridgehead atoms. The van der Waals surface area contributed by atoms with E-state index < -0.39 is 0 Å². The van der Waals surface area contributed by atoms with Crippen molar-refractivity contribution in [2.24, 2.45) is 0 Å². The lowest BCUT2D eigenvalue weighted by atomic mass is 10.1. The smallest absolute Gasteiger partial charge is 0.254 e. The van der Waals surface area contributed by atoms with Crippen molar-refractivity contribution in [2.75, 3.05) is 37.7 Å². The largest absolute Gasteiger partial charge is 0.336 e. The second kappa shape index (κ2) is 9.04. The van der Waals surface area contributed by atoms with Crippen molar-refractivity contribution in [1.82, 2.24) is 19.8 Å². The highest BCUT2D eigenvalue weighted by Gasteiger charge is 2.29. The van der Waals surface area contributed by atoms with Crippen LogP contribution in [0.2, 0.25) is 0 Å². The summed E-state index contributed by atoms with van der Waals surface area (Å²) in [5, 5.41) is 0.890. The number of hydrogen-bond acceptors (Lipinski definition) is 5. The van der Waals surface area contributed by atoms with Crippen LogP contribution < -0.4 is 0 Å². The average molecular weight is 439 g/mol. The van der Waals surface area contributed by atoms with Gasteiger partial charge in [0.1, 0.15) is 0 Å². The fourth-order valence-corrected chi connectivity index (χ4v) is 6.41. The highest BCUT2D eigenvalue weighted by molar-refractivity contribution is 7.99. The first-order valence-corrected chi connectivity index (χ1v) is 12.7. The number of para-hydroxylation sites is 2. The maximum atomic E-state index is 13.3. The molecule has 1 aromatic heterocycles. The number of rotatable bonds is 5. The fourth-order valence-electron chi connectivity index (χ4n) is 4.27. The minimum atomic E-state index is 0.163. The van der Waals surface area contributed by atoms with Gasteiger partial charge in [-0.25, -0.2) is 4.98 Å². The summed E-state index contributed by atoms with van der Waals surface area (Å²) in [4.78, 5) is 25.9. The van der Waals surface area contributed by atoms with Crippen molar-refractivity contribution >= 4 is 40.5 Å². The Morgan fingerprint density at radius 2 is 1.90 bits per heavy atom. The molecule has 0 spiro atoms. The number of H-pyrrole nitrogens is 1. The number of nitrogens with zero attached hydrogens (tertiary/aromatic N) is 3. The first-order chi connectivity index (χ1) is 14.8. The van der Waals surface area contributed by atoms with Crippen molar-refractivity contribution in [3.05, 3.63) is 59.7 Å². The van der Waals surface area contributed by atoms with E-state index in [1.165, 1.54) is 17.9 Å². The van der Waals surface area contributed by atoms with E-state index in [4.69, 9.17) is 0 Å². The number of nitrogens with one attached hydrogen (secondary N) is 1. The molecule has 2 aromatic carbocycles. The SMILES string of the molecule is O=C(c1ccccc1CSc1nc2ccccc2[nH]1)N1CCN([C@H]2CCSC2)CC1. The standard InChI is InChI=1S/C23H26N4OS2/c28-22(27-12-10-26(11-13-27)18-9-14-29-16-18)19-6-2-1-5-17(19)15-30-23-24-20-7-3-4-8-21(20)25-23/h1-8,18H,9-16H2,(H,24,25)/t18-/m0/s1. The zero-order chi connectivity index (χ0) is 20.3. The third-order valence-corrected chi connectivity index (χ3v) is 8.07. The van der Waals surface area contributed by atoms with E-state index in [0.29, 0.717) is 6.04 Å². The molecule has 2 aliphatic heterocycles. The van der Waals surface area contributed by atoms with E-state index in [9.17, 15) is 4.79 Å². The highest BCUT2D eigenvalue weighted by atomic mass is 32.2. The molecular formula is C23H26N4OS2. The van der Waals surface area contributed by atoms with Crippen LogP contribution in [0, 0.1) is 0 Å². The predicted molar refractivity (Wildman–Crippen MR) is 125 cm³/mol. The van der Waals surface area contributed by atoms with Crippen molar-refractivity contribution in [3.8, 4) is 0 Å². The summed E-state index contributed by atoms with van der Waals surface area (Å²) < 4.78 is 0. The molecule has 2 fully saturated rings. The molecule has 30 heavy (non-hydrogen) atoms. The Hall–Kier alpha value is -1.96. The van der Waals surface area contributed by atoms with Gasteiger partial charge in [0.15, 0.2) is 5.16 Å². The molecule has 2 aliphatic rings. The van der Waals surface area contributed by atoms with Crippen molar-refractivity contribution in [3.63, 3.8) is 0 Å². The average Bonchev–Trinajstić information content (AvgIpc) is 3.47. The molecule has 1 N–H and O–H groups in total. The Morgan fingerprint density at radius 3 is 2.70 bits per heavy atom. The Morgan fingerprint density at radius 1 is 1.10 bits per heavy atom. The quantitative estimate of drug-likeness (QED) is 0.608. The molecule has 5 nitrogen and oxygen atoms in total. The zero-order valence-electron chi connectivity index (χ0n) is 16.9. The van der Waals surface area contributed by atoms with Gasteiger partial charge < -0.3 is 9.88 Å². The van der Waals surface area contributed by atoms with Crippen LogP contribution in [0.5, 0.6) is 0 Å². The Bertz CT molecular complexity index is 990. The third-order valence-electron chi connectivity index (χ3n) is 6.00. The van der Waals surface area contributed by atoms with Gasteiger partial charge in [0.05, 0.1) is 11.0 Å². The number of benzene rings is 2. The topological polar surface area (TPSA) is 52.2 Å². The van der Waals surface area contributed by atoms with Crippen molar-refractivity contribution in [2.45, 2.75) is 23.4 Å². The zero-order valence-corrected chi connectivity index (χ0v) is 18.6. The van der Waals surface area contributed by atoms with E-state index in [1.54, 1.807) is 11.8 Å².